The van der Waals surface area contributed by atoms with Gasteiger partial charge in [-0.1, -0.05) is 12.1 Å². The number of nitrogens with zero attached hydrogens (tertiary/aromatic N) is 1. The Morgan fingerprint density at radius 3 is 2.50 bits per heavy atom. The molecule has 1 N–H and O–H groups in total. The lowest BCUT2D eigenvalue weighted by molar-refractivity contribution is 0.0694. The van der Waals surface area contributed by atoms with E-state index in [1.807, 2.05) is 24.3 Å². The molecular weight excluding hydrogens is 345 g/mol. The number of hydrogen-bond donors (Lipinski definition) is 1. The van der Waals surface area contributed by atoms with Crippen molar-refractivity contribution in [1.29, 1.82) is 0 Å². The molecule has 0 amide bonds. The van der Waals surface area contributed by atoms with Gasteiger partial charge in [-0.15, -0.1) is 0 Å². The maximum absolute atomic E-state index is 11.9. The highest BCUT2D eigenvalue weighted by Crippen LogP contribution is 2.07. The summed E-state index contributed by atoms with van der Waals surface area (Å²) in [6.07, 6.45) is 1.59. The first-order valence-electron chi connectivity index (χ1n) is 5.25. The third kappa shape index (κ3) is 2.79. The standard InChI is InChI=1S/C13H10INO3/c14-10-5-3-9(4-6-10)8-15-7-1-2-11(12(15)16)13(17)18/h1-7H,8H2,(H,17,18). The summed E-state index contributed by atoms with van der Waals surface area (Å²) in [5, 5.41) is 8.88. The predicted molar refractivity (Wildman–Crippen MR) is 75.9 cm³/mol. The summed E-state index contributed by atoms with van der Waals surface area (Å²) in [5.74, 6) is -1.20. The second-order valence-electron chi connectivity index (χ2n) is 3.79. The minimum atomic E-state index is -1.20. The molecule has 2 aromatic rings. The van der Waals surface area contributed by atoms with Crippen molar-refractivity contribution in [2.45, 2.75) is 6.54 Å². The maximum Gasteiger partial charge on any atom is 0.341 e. The summed E-state index contributed by atoms with van der Waals surface area (Å²) in [5.41, 5.74) is 0.270. The Kier molecular flexibility index (Phi) is 3.81. The van der Waals surface area contributed by atoms with Crippen LogP contribution in [0.1, 0.15) is 15.9 Å². The second-order valence-corrected chi connectivity index (χ2v) is 5.03. The average Bonchev–Trinajstić information content (AvgIpc) is 2.34. The molecule has 18 heavy (non-hydrogen) atoms. The monoisotopic (exact) mass is 355 g/mol. The zero-order valence-electron chi connectivity index (χ0n) is 9.34. The molecule has 4 nitrogen and oxygen atoms in total. The molecule has 0 aliphatic carbocycles. The molecule has 0 aliphatic heterocycles. The Morgan fingerprint density at radius 1 is 1.22 bits per heavy atom. The van der Waals surface area contributed by atoms with Crippen molar-refractivity contribution in [3.63, 3.8) is 0 Å². The summed E-state index contributed by atoms with van der Waals surface area (Å²) in [6, 6.07) is 10.6. The number of aromatic nitrogens is 1. The molecule has 0 fully saturated rings. The van der Waals surface area contributed by atoms with E-state index < -0.39 is 11.5 Å². The number of hydrogen-bond acceptors (Lipinski definition) is 2. The van der Waals surface area contributed by atoms with E-state index in [1.54, 1.807) is 12.3 Å². The predicted octanol–water partition coefficient (Wildman–Crippen LogP) is 2.20. The number of carboxylic acid groups (broad SMARTS) is 1. The fourth-order valence-electron chi connectivity index (χ4n) is 1.61. The van der Waals surface area contributed by atoms with Gasteiger partial charge in [0.25, 0.3) is 5.56 Å². The van der Waals surface area contributed by atoms with Gasteiger partial charge in [-0.05, 0) is 52.4 Å². The highest BCUT2D eigenvalue weighted by atomic mass is 127. The molecule has 0 saturated carbocycles. The number of aromatic carboxylic acids is 1. The van der Waals surface area contributed by atoms with Gasteiger partial charge in [0.1, 0.15) is 5.56 Å². The van der Waals surface area contributed by atoms with E-state index in [0.29, 0.717) is 6.54 Å². The van der Waals surface area contributed by atoms with E-state index in [-0.39, 0.29) is 5.56 Å². The largest absolute Gasteiger partial charge is 0.477 e. The highest BCUT2D eigenvalue weighted by Gasteiger charge is 2.09. The van der Waals surface area contributed by atoms with Gasteiger partial charge in [-0.3, -0.25) is 4.79 Å². The molecule has 1 aromatic heterocycles. The van der Waals surface area contributed by atoms with E-state index in [2.05, 4.69) is 22.6 Å². The van der Waals surface area contributed by atoms with Crippen molar-refractivity contribution in [2.75, 3.05) is 0 Å². The SMILES string of the molecule is O=C(O)c1cccn(Cc2ccc(I)cc2)c1=O. The van der Waals surface area contributed by atoms with Gasteiger partial charge in [-0.2, -0.15) is 0 Å². The Balaban J connectivity index is 2.35. The van der Waals surface area contributed by atoms with Gasteiger partial charge in [0, 0.05) is 9.77 Å². The molecule has 5 heteroatoms. The number of carbonyl (C=O) groups is 1. The number of halogens is 1. The summed E-state index contributed by atoms with van der Waals surface area (Å²) in [4.78, 5) is 22.7. The van der Waals surface area contributed by atoms with Gasteiger partial charge in [0.2, 0.25) is 0 Å². The molecule has 92 valence electrons. The van der Waals surface area contributed by atoms with Gasteiger partial charge in [-0.25, -0.2) is 4.79 Å². The van der Waals surface area contributed by atoms with Crippen LogP contribution < -0.4 is 5.56 Å². The Labute approximate surface area is 117 Å². The zero-order chi connectivity index (χ0) is 13.1. The summed E-state index contributed by atoms with van der Waals surface area (Å²) in [6.45, 7) is 0.372. The van der Waals surface area contributed by atoms with E-state index in [1.165, 1.54) is 10.6 Å². The van der Waals surface area contributed by atoms with Crippen molar-refractivity contribution < 1.29 is 9.90 Å². The van der Waals surface area contributed by atoms with E-state index >= 15 is 0 Å². The maximum atomic E-state index is 11.9. The Bertz CT molecular complexity index is 631. The topological polar surface area (TPSA) is 59.3 Å². The first-order chi connectivity index (χ1) is 8.58. The first kappa shape index (κ1) is 12.8. The second kappa shape index (κ2) is 5.34. The van der Waals surface area contributed by atoms with Crippen LogP contribution in [0.25, 0.3) is 0 Å². The lowest BCUT2D eigenvalue weighted by Crippen LogP contribution is -2.25. The van der Waals surface area contributed by atoms with Crippen LogP contribution in [0.5, 0.6) is 0 Å². The van der Waals surface area contributed by atoms with Crippen LogP contribution >= 0.6 is 22.6 Å². The van der Waals surface area contributed by atoms with Crippen LogP contribution in [0.2, 0.25) is 0 Å². The van der Waals surface area contributed by atoms with E-state index in [9.17, 15) is 9.59 Å². The smallest absolute Gasteiger partial charge is 0.341 e. The lowest BCUT2D eigenvalue weighted by Gasteiger charge is -2.06. The summed E-state index contributed by atoms with van der Waals surface area (Å²) < 4.78 is 2.51. The third-order valence-corrected chi connectivity index (χ3v) is 3.24. The summed E-state index contributed by atoms with van der Waals surface area (Å²) >= 11 is 2.20. The highest BCUT2D eigenvalue weighted by molar-refractivity contribution is 14.1. The van der Waals surface area contributed by atoms with Gasteiger partial charge in [0.05, 0.1) is 6.54 Å². The fourth-order valence-corrected chi connectivity index (χ4v) is 1.97. The van der Waals surface area contributed by atoms with Crippen molar-refractivity contribution in [2.24, 2.45) is 0 Å². The number of rotatable bonds is 3. The lowest BCUT2D eigenvalue weighted by atomic mass is 10.2. The normalized spacial score (nSPS) is 10.3. The molecule has 0 radical (unpaired) electrons. The molecule has 0 unspecified atom stereocenters. The van der Waals surface area contributed by atoms with Crippen LogP contribution in [0, 0.1) is 3.57 Å². The molecule has 0 bridgehead atoms. The van der Waals surface area contributed by atoms with Gasteiger partial charge in [0.15, 0.2) is 0 Å². The number of pyridine rings is 1. The molecular formula is C13H10INO3. The molecule has 0 atom stereocenters. The average molecular weight is 355 g/mol. The fraction of sp³-hybridized carbons (Fsp3) is 0.0769. The molecule has 1 heterocycles. The molecule has 0 aliphatic rings. The van der Waals surface area contributed by atoms with Crippen molar-refractivity contribution in [1.82, 2.24) is 4.57 Å². The van der Waals surface area contributed by atoms with Gasteiger partial charge >= 0.3 is 5.97 Å². The number of benzene rings is 1. The van der Waals surface area contributed by atoms with E-state index in [4.69, 9.17) is 5.11 Å². The quantitative estimate of drug-likeness (QED) is 0.859. The summed E-state index contributed by atoms with van der Waals surface area (Å²) in [7, 11) is 0. The Morgan fingerprint density at radius 2 is 1.89 bits per heavy atom. The van der Waals surface area contributed by atoms with E-state index in [0.717, 1.165) is 9.13 Å². The molecule has 1 aromatic carbocycles. The minimum absolute atomic E-state index is 0.206. The third-order valence-electron chi connectivity index (χ3n) is 2.52. The van der Waals surface area contributed by atoms with Crippen LogP contribution in [0.4, 0.5) is 0 Å². The van der Waals surface area contributed by atoms with Crippen LogP contribution in [0.3, 0.4) is 0 Å². The first-order valence-corrected chi connectivity index (χ1v) is 6.33. The van der Waals surface area contributed by atoms with Crippen molar-refractivity contribution >= 4 is 28.6 Å². The minimum Gasteiger partial charge on any atom is -0.477 e. The zero-order valence-corrected chi connectivity index (χ0v) is 11.5. The molecule has 0 saturated heterocycles. The van der Waals surface area contributed by atoms with Crippen LogP contribution in [-0.4, -0.2) is 15.6 Å². The van der Waals surface area contributed by atoms with Crippen LogP contribution in [-0.2, 0) is 6.54 Å². The molecule has 0 spiro atoms. The Hall–Kier alpha value is -1.63. The molecule has 2 rings (SSSR count). The van der Waals surface area contributed by atoms with Crippen molar-refractivity contribution in [3.05, 3.63) is 67.6 Å². The van der Waals surface area contributed by atoms with Gasteiger partial charge < -0.3 is 9.67 Å². The number of carboxylic acids is 1. The van der Waals surface area contributed by atoms with Crippen molar-refractivity contribution in [3.8, 4) is 0 Å². The van der Waals surface area contributed by atoms with Crippen LogP contribution in [0.15, 0.2) is 47.4 Å².